The number of fused-ring (bicyclic) bond motifs is 1. The lowest BCUT2D eigenvalue weighted by Gasteiger charge is -2.09. The molecule has 1 amide bonds. The molecule has 29 heavy (non-hydrogen) atoms. The molecule has 0 aliphatic rings. The maximum atomic E-state index is 12.5. The zero-order valence-corrected chi connectivity index (χ0v) is 17.2. The topological polar surface area (TPSA) is 59.3 Å². The van der Waals surface area contributed by atoms with Crippen LogP contribution in [0.5, 0.6) is 0 Å². The number of amides is 1. The van der Waals surface area contributed by atoms with Crippen molar-refractivity contribution >= 4 is 28.9 Å². The van der Waals surface area contributed by atoms with E-state index in [1.54, 1.807) is 6.20 Å². The second-order valence-corrected chi connectivity index (χ2v) is 7.77. The molecule has 1 N–H and O–H groups in total. The molecule has 4 aromatic rings. The van der Waals surface area contributed by atoms with Crippen LogP contribution in [0.2, 0.25) is 0 Å². The van der Waals surface area contributed by atoms with Gasteiger partial charge < -0.3 is 5.32 Å². The first-order valence-electron chi connectivity index (χ1n) is 9.56. The van der Waals surface area contributed by atoms with Gasteiger partial charge in [0.2, 0.25) is 5.91 Å². The average Bonchev–Trinajstić information content (AvgIpc) is 3.18. The molecule has 2 heterocycles. The van der Waals surface area contributed by atoms with Crippen LogP contribution in [0, 0.1) is 6.92 Å². The number of thioether (sulfide) groups is 1. The summed E-state index contributed by atoms with van der Waals surface area (Å²) in [5, 5.41) is 8.45. The molecule has 0 aliphatic heterocycles. The van der Waals surface area contributed by atoms with Crippen molar-refractivity contribution in [1.82, 2.24) is 14.6 Å². The molecule has 146 valence electrons. The van der Waals surface area contributed by atoms with Crippen LogP contribution in [0.25, 0.3) is 16.8 Å². The summed E-state index contributed by atoms with van der Waals surface area (Å²) < 4.78 is 1.81. The molecule has 2 aromatic heterocycles. The molecule has 4 rings (SSSR count). The summed E-state index contributed by atoms with van der Waals surface area (Å²) in [6.07, 6.45) is 4.42. The lowest BCUT2D eigenvalue weighted by Crippen LogP contribution is -2.15. The van der Waals surface area contributed by atoms with Crippen LogP contribution in [-0.2, 0) is 11.2 Å². The first-order chi connectivity index (χ1) is 14.1. The van der Waals surface area contributed by atoms with E-state index in [0.717, 1.165) is 39.5 Å². The van der Waals surface area contributed by atoms with Crippen LogP contribution in [0.4, 0.5) is 5.69 Å². The number of carbonyl (C=O) groups is 1. The van der Waals surface area contributed by atoms with Crippen LogP contribution in [0.3, 0.4) is 0 Å². The number of nitrogens with zero attached hydrogens (tertiary/aromatic N) is 3. The van der Waals surface area contributed by atoms with E-state index >= 15 is 0 Å². The summed E-state index contributed by atoms with van der Waals surface area (Å²) >= 11 is 1.42. The number of anilines is 1. The van der Waals surface area contributed by atoms with E-state index in [0.29, 0.717) is 0 Å². The number of nitrogens with one attached hydrogen (secondary N) is 1. The highest BCUT2D eigenvalue weighted by atomic mass is 32.2. The molecule has 0 atom stereocenters. The molecule has 0 fully saturated rings. The highest BCUT2D eigenvalue weighted by Gasteiger charge is 2.12. The number of para-hydroxylation sites is 1. The number of carbonyl (C=O) groups excluding carboxylic acids is 1. The Kier molecular flexibility index (Phi) is 5.62. The molecule has 0 unspecified atom stereocenters. The monoisotopic (exact) mass is 402 g/mol. The van der Waals surface area contributed by atoms with Crippen molar-refractivity contribution in [1.29, 1.82) is 0 Å². The third-order valence-electron chi connectivity index (χ3n) is 4.71. The summed E-state index contributed by atoms with van der Waals surface area (Å²) in [5.74, 6) is 0.244. The summed E-state index contributed by atoms with van der Waals surface area (Å²) in [6.45, 7) is 4.14. The van der Waals surface area contributed by atoms with Crippen molar-refractivity contribution in [3.8, 4) is 11.3 Å². The maximum absolute atomic E-state index is 12.5. The van der Waals surface area contributed by atoms with Gasteiger partial charge in [-0.05, 0) is 31.0 Å². The van der Waals surface area contributed by atoms with E-state index in [4.69, 9.17) is 0 Å². The normalized spacial score (nSPS) is 11.0. The first-order valence-corrected chi connectivity index (χ1v) is 10.5. The zero-order chi connectivity index (χ0) is 20.2. The van der Waals surface area contributed by atoms with Gasteiger partial charge in [-0.1, -0.05) is 66.7 Å². The van der Waals surface area contributed by atoms with Gasteiger partial charge in [-0.15, -0.1) is 0 Å². The highest BCUT2D eigenvalue weighted by molar-refractivity contribution is 8.00. The summed E-state index contributed by atoms with van der Waals surface area (Å²) in [4.78, 5) is 16.9. The number of hydrogen-bond acceptors (Lipinski definition) is 4. The Morgan fingerprint density at radius 2 is 1.93 bits per heavy atom. The fraction of sp³-hybridized carbons (Fsp3) is 0.174. The van der Waals surface area contributed by atoms with Crippen LogP contribution in [0.1, 0.15) is 18.1 Å². The molecule has 5 nitrogen and oxygen atoms in total. The molecule has 0 saturated carbocycles. The van der Waals surface area contributed by atoms with Crippen molar-refractivity contribution in [3.63, 3.8) is 0 Å². The second kappa shape index (κ2) is 8.49. The van der Waals surface area contributed by atoms with Crippen molar-refractivity contribution in [2.24, 2.45) is 0 Å². The Hall–Kier alpha value is -3.12. The van der Waals surface area contributed by atoms with Gasteiger partial charge in [0.15, 0.2) is 0 Å². The Morgan fingerprint density at radius 1 is 1.14 bits per heavy atom. The number of aromatic nitrogens is 3. The van der Waals surface area contributed by atoms with Gasteiger partial charge in [-0.25, -0.2) is 9.50 Å². The number of rotatable bonds is 6. The smallest absolute Gasteiger partial charge is 0.234 e. The zero-order valence-electron chi connectivity index (χ0n) is 16.4. The third kappa shape index (κ3) is 4.32. The standard InChI is InChI=1S/C23H22N4OS/c1-3-17-6-4-5-7-19(17)25-22(28)15-29-23-21-14-20(26-27(21)13-12-24-23)18-10-8-16(2)9-11-18/h4-14H,3,15H2,1-2H3,(H,25,28). The molecule has 0 aliphatic carbocycles. The average molecular weight is 403 g/mol. The number of aryl methyl sites for hydroxylation is 2. The van der Waals surface area contributed by atoms with E-state index < -0.39 is 0 Å². The summed E-state index contributed by atoms with van der Waals surface area (Å²) in [7, 11) is 0. The Balaban J connectivity index is 1.50. The summed E-state index contributed by atoms with van der Waals surface area (Å²) in [5.41, 5.74) is 6.06. The summed E-state index contributed by atoms with van der Waals surface area (Å²) in [6, 6.07) is 18.2. The van der Waals surface area contributed by atoms with E-state index in [1.165, 1.54) is 17.3 Å². The Labute approximate surface area is 174 Å². The van der Waals surface area contributed by atoms with Gasteiger partial charge >= 0.3 is 0 Å². The van der Waals surface area contributed by atoms with Crippen LogP contribution in [0.15, 0.2) is 72.0 Å². The van der Waals surface area contributed by atoms with Gasteiger partial charge in [0, 0.05) is 23.6 Å². The fourth-order valence-electron chi connectivity index (χ4n) is 3.15. The third-order valence-corrected chi connectivity index (χ3v) is 5.71. The molecule has 0 radical (unpaired) electrons. The fourth-order valence-corrected chi connectivity index (χ4v) is 3.92. The largest absolute Gasteiger partial charge is 0.325 e. The maximum Gasteiger partial charge on any atom is 0.234 e. The lowest BCUT2D eigenvalue weighted by molar-refractivity contribution is -0.113. The van der Waals surface area contributed by atoms with Crippen LogP contribution < -0.4 is 5.32 Å². The van der Waals surface area contributed by atoms with Crippen molar-refractivity contribution in [3.05, 3.63) is 78.1 Å². The molecular weight excluding hydrogens is 380 g/mol. The minimum atomic E-state index is -0.0435. The first kappa shape index (κ1) is 19.2. The van der Waals surface area contributed by atoms with Crippen molar-refractivity contribution in [2.45, 2.75) is 25.3 Å². The molecule has 0 spiro atoms. The molecule has 0 bridgehead atoms. The minimum Gasteiger partial charge on any atom is -0.325 e. The molecule has 0 saturated heterocycles. The highest BCUT2D eigenvalue weighted by Crippen LogP contribution is 2.26. The van der Waals surface area contributed by atoms with Gasteiger partial charge in [-0.2, -0.15) is 5.10 Å². The van der Waals surface area contributed by atoms with E-state index in [1.807, 2.05) is 41.0 Å². The molecule has 2 aromatic carbocycles. The van der Waals surface area contributed by atoms with Crippen molar-refractivity contribution in [2.75, 3.05) is 11.1 Å². The van der Waals surface area contributed by atoms with Crippen LogP contribution in [-0.4, -0.2) is 26.3 Å². The molecular formula is C23H22N4OS. The van der Waals surface area contributed by atoms with E-state index in [2.05, 4.69) is 53.5 Å². The van der Waals surface area contributed by atoms with Gasteiger partial charge in [0.1, 0.15) is 5.03 Å². The van der Waals surface area contributed by atoms with E-state index in [9.17, 15) is 4.79 Å². The van der Waals surface area contributed by atoms with Gasteiger partial charge in [0.25, 0.3) is 0 Å². The van der Waals surface area contributed by atoms with Crippen molar-refractivity contribution < 1.29 is 4.79 Å². The predicted octanol–water partition coefficient (Wildman–Crippen LogP) is 5.00. The number of hydrogen-bond donors (Lipinski definition) is 1. The quantitative estimate of drug-likeness (QED) is 0.461. The van der Waals surface area contributed by atoms with E-state index in [-0.39, 0.29) is 11.7 Å². The predicted molar refractivity (Wildman–Crippen MR) is 118 cm³/mol. The van der Waals surface area contributed by atoms with Gasteiger partial charge in [0.05, 0.1) is 17.0 Å². The number of benzene rings is 2. The Bertz CT molecular complexity index is 1150. The second-order valence-electron chi connectivity index (χ2n) is 6.81. The van der Waals surface area contributed by atoms with Crippen LogP contribution >= 0.6 is 11.8 Å². The Morgan fingerprint density at radius 3 is 2.72 bits per heavy atom. The minimum absolute atomic E-state index is 0.0435. The SMILES string of the molecule is CCc1ccccc1NC(=O)CSc1nccn2nc(-c3ccc(C)cc3)cc12. The lowest BCUT2D eigenvalue weighted by atomic mass is 10.1. The van der Waals surface area contributed by atoms with Gasteiger partial charge in [-0.3, -0.25) is 4.79 Å². The molecule has 6 heteroatoms.